The Morgan fingerprint density at radius 1 is 0.686 bits per heavy atom. The van der Waals surface area contributed by atoms with E-state index in [4.69, 9.17) is 18.9 Å². The molecule has 0 saturated heterocycles. The van der Waals surface area contributed by atoms with Crippen molar-refractivity contribution in [2.24, 2.45) is 0 Å². The predicted octanol–water partition coefficient (Wildman–Crippen LogP) is 5.68. The summed E-state index contributed by atoms with van der Waals surface area (Å²) in [5, 5.41) is 0. The van der Waals surface area contributed by atoms with Gasteiger partial charge in [-0.2, -0.15) is 0 Å². The fourth-order valence-electron chi connectivity index (χ4n) is 3.13. The van der Waals surface area contributed by atoms with Crippen LogP contribution in [0.1, 0.15) is 61.7 Å². The van der Waals surface area contributed by atoms with E-state index in [9.17, 15) is 14.4 Å². The van der Waals surface area contributed by atoms with Gasteiger partial charge in [-0.1, -0.05) is 24.8 Å². The van der Waals surface area contributed by atoms with Crippen molar-refractivity contribution in [1.29, 1.82) is 0 Å². The summed E-state index contributed by atoms with van der Waals surface area (Å²) in [4.78, 5) is 34.9. The highest BCUT2D eigenvalue weighted by Crippen LogP contribution is 2.15. The van der Waals surface area contributed by atoms with E-state index in [1.54, 1.807) is 36.4 Å². The van der Waals surface area contributed by atoms with Gasteiger partial charge in [0.25, 0.3) is 0 Å². The maximum Gasteiger partial charge on any atom is 0.338 e. The maximum atomic E-state index is 12.2. The van der Waals surface area contributed by atoms with Gasteiger partial charge in [-0.05, 0) is 81.3 Å². The smallest absolute Gasteiger partial charge is 0.338 e. The van der Waals surface area contributed by atoms with Gasteiger partial charge in [-0.25, -0.2) is 9.59 Å². The van der Waals surface area contributed by atoms with Crippen molar-refractivity contribution in [3.8, 4) is 11.5 Å². The monoisotopic (exact) mass is 482 g/mol. The number of unbranched alkanes of at least 4 members (excludes halogenated alkanes) is 5. The van der Waals surface area contributed by atoms with Gasteiger partial charge < -0.3 is 18.9 Å². The zero-order chi connectivity index (χ0) is 25.1. The molecule has 0 aromatic heterocycles. The molecule has 0 aliphatic heterocycles. The first kappa shape index (κ1) is 27.6. The fraction of sp³-hybridized carbons (Fsp3) is 0.393. The largest absolute Gasteiger partial charge is 0.494 e. The molecule has 2 aromatic carbocycles. The summed E-state index contributed by atoms with van der Waals surface area (Å²) in [6.45, 7) is 4.64. The third kappa shape index (κ3) is 12.4. The van der Waals surface area contributed by atoms with Crippen molar-refractivity contribution >= 4 is 17.9 Å². The van der Waals surface area contributed by atoms with Crippen molar-refractivity contribution < 1.29 is 33.3 Å². The zero-order valence-corrected chi connectivity index (χ0v) is 20.1. The van der Waals surface area contributed by atoms with Crippen LogP contribution in [0, 0.1) is 0 Å². The molecular weight excluding hydrogens is 448 g/mol. The molecular formula is C28H34O7. The molecule has 0 N–H and O–H groups in total. The fourth-order valence-corrected chi connectivity index (χ4v) is 3.13. The molecule has 0 heterocycles. The second-order valence-corrected chi connectivity index (χ2v) is 7.89. The molecule has 0 saturated carbocycles. The van der Waals surface area contributed by atoms with Crippen LogP contribution in [0.2, 0.25) is 0 Å². The highest BCUT2D eigenvalue weighted by Gasteiger charge is 2.08. The number of hydrogen-bond donors (Lipinski definition) is 0. The molecule has 0 unspecified atom stereocenters. The Morgan fingerprint density at radius 3 is 2.00 bits per heavy atom. The second kappa shape index (κ2) is 16.9. The molecule has 7 nitrogen and oxygen atoms in total. The normalized spacial score (nSPS) is 10.3. The molecule has 7 heteroatoms. The molecule has 0 aliphatic rings. The summed E-state index contributed by atoms with van der Waals surface area (Å²) < 4.78 is 21.2. The van der Waals surface area contributed by atoms with E-state index in [2.05, 4.69) is 6.58 Å². The highest BCUT2D eigenvalue weighted by molar-refractivity contribution is 5.89. The van der Waals surface area contributed by atoms with Crippen LogP contribution in [0.4, 0.5) is 0 Å². The minimum atomic E-state index is -0.390. The van der Waals surface area contributed by atoms with Crippen LogP contribution >= 0.6 is 0 Å². The molecule has 0 fully saturated rings. The summed E-state index contributed by atoms with van der Waals surface area (Å²) in [6.07, 6.45) is 7.26. The van der Waals surface area contributed by atoms with E-state index in [0.29, 0.717) is 56.1 Å². The molecule has 188 valence electrons. The molecule has 2 aromatic rings. The zero-order valence-electron chi connectivity index (χ0n) is 20.1. The van der Waals surface area contributed by atoms with Crippen LogP contribution in [0.25, 0.3) is 0 Å². The third-order valence-electron chi connectivity index (χ3n) is 5.04. The van der Waals surface area contributed by atoms with E-state index < -0.39 is 0 Å². The number of esters is 3. The first-order valence-corrected chi connectivity index (χ1v) is 12.0. The van der Waals surface area contributed by atoms with Crippen LogP contribution in [0.15, 0.2) is 67.3 Å². The average molecular weight is 483 g/mol. The Balaban J connectivity index is 1.49. The van der Waals surface area contributed by atoms with Gasteiger partial charge in [0.1, 0.15) is 11.5 Å². The lowest BCUT2D eigenvalue weighted by molar-refractivity contribution is -0.138. The Labute approximate surface area is 207 Å². The van der Waals surface area contributed by atoms with Crippen LogP contribution in [-0.4, -0.2) is 37.7 Å². The topological polar surface area (TPSA) is 88.1 Å². The summed E-state index contributed by atoms with van der Waals surface area (Å²) in [7, 11) is 0. The van der Waals surface area contributed by atoms with Gasteiger partial charge in [-0.3, -0.25) is 4.79 Å². The first-order valence-electron chi connectivity index (χ1n) is 12.0. The van der Waals surface area contributed by atoms with Crippen molar-refractivity contribution in [3.63, 3.8) is 0 Å². The lowest BCUT2D eigenvalue weighted by atomic mass is 10.2. The Bertz CT molecular complexity index is 907. The van der Waals surface area contributed by atoms with Crippen LogP contribution < -0.4 is 9.47 Å². The first-order chi connectivity index (χ1) is 17.1. The minimum absolute atomic E-state index is 0.262. The van der Waals surface area contributed by atoms with Gasteiger partial charge in [-0.15, -0.1) is 0 Å². The van der Waals surface area contributed by atoms with Crippen LogP contribution in [0.3, 0.4) is 0 Å². The van der Waals surface area contributed by atoms with E-state index >= 15 is 0 Å². The lowest BCUT2D eigenvalue weighted by Crippen LogP contribution is -2.08. The lowest BCUT2D eigenvalue weighted by Gasteiger charge is -2.08. The van der Waals surface area contributed by atoms with E-state index in [0.717, 1.165) is 38.2 Å². The molecule has 0 atom stereocenters. The number of carbonyl (C=O) groups excluding carboxylic acids is 3. The van der Waals surface area contributed by atoms with E-state index in [-0.39, 0.29) is 17.9 Å². The van der Waals surface area contributed by atoms with Crippen molar-refractivity contribution in [2.75, 3.05) is 19.8 Å². The second-order valence-electron chi connectivity index (χ2n) is 7.89. The molecule has 0 amide bonds. The number of benzene rings is 2. The highest BCUT2D eigenvalue weighted by atomic mass is 16.5. The SMILES string of the molecule is C=CC(=O)OCCCCCCOc1ccc(C(=O)OCCCCCC(=O)Oc2ccccc2)cc1. The number of hydrogen-bond acceptors (Lipinski definition) is 7. The predicted molar refractivity (Wildman–Crippen MR) is 132 cm³/mol. The minimum Gasteiger partial charge on any atom is -0.494 e. The van der Waals surface area contributed by atoms with E-state index in [1.807, 2.05) is 18.2 Å². The van der Waals surface area contributed by atoms with E-state index in [1.165, 1.54) is 0 Å². The molecule has 0 spiro atoms. The maximum absolute atomic E-state index is 12.2. The van der Waals surface area contributed by atoms with Gasteiger partial charge in [0.15, 0.2) is 0 Å². The van der Waals surface area contributed by atoms with Gasteiger partial charge in [0.05, 0.1) is 25.4 Å². The molecule has 0 radical (unpaired) electrons. The summed E-state index contributed by atoms with van der Waals surface area (Å²) in [5.74, 6) is 0.214. The number of rotatable bonds is 17. The summed E-state index contributed by atoms with van der Waals surface area (Å²) >= 11 is 0. The Hall–Kier alpha value is -3.61. The Morgan fingerprint density at radius 2 is 1.31 bits per heavy atom. The quantitative estimate of drug-likeness (QED) is 0.124. The molecule has 35 heavy (non-hydrogen) atoms. The van der Waals surface area contributed by atoms with Gasteiger partial charge >= 0.3 is 17.9 Å². The number of ether oxygens (including phenoxy) is 4. The molecule has 0 aliphatic carbocycles. The average Bonchev–Trinajstić information content (AvgIpc) is 2.88. The van der Waals surface area contributed by atoms with Crippen molar-refractivity contribution in [2.45, 2.75) is 51.4 Å². The molecule has 0 bridgehead atoms. The number of para-hydroxylation sites is 1. The van der Waals surface area contributed by atoms with Crippen molar-refractivity contribution in [1.82, 2.24) is 0 Å². The molecule has 2 rings (SSSR count). The third-order valence-corrected chi connectivity index (χ3v) is 5.04. The van der Waals surface area contributed by atoms with Gasteiger partial charge in [0.2, 0.25) is 0 Å². The summed E-state index contributed by atoms with van der Waals surface area (Å²) in [5.41, 5.74) is 0.470. The number of carbonyl (C=O) groups is 3. The Kier molecular flexibility index (Phi) is 13.4. The van der Waals surface area contributed by atoms with Crippen molar-refractivity contribution in [3.05, 3.63) is 72.8 Å². The van der Waals surface area contributed by atoms with Crippen LogP contribution in [0.5, 0.6) is 11.5 Å². The summed E-state index contributed by atoms with van der Waals surface area (Å²) in [6, 6.07) is 15.9. The van der Waals surface area contributed by atoms with Gasteiger partial charge in [0, 0.05) is 12.5 Å². The van der Waals surface area contributed by atoms with Crippen LogP contribution in [-0.2, 0) is 19.1 Å². The standard InChI is InChI=1S/C28H34O7/c1-2-26(29)33-21-11-4-3-10-20-32-24-18-16-23(17-19-24)28(31)34-22-12-6-9-15-27(30)35-25-13-7-5-8-14-25/h2,5,7-8,13-14,16-19H,1,3-4,6,9-12,15,20-22H2.